The highest BCUT2D eigenvalue weighted by molar-refractivity contribution is 5.74. The van der Waals surface area contributed by atoms with E-state index in [1.165, 1.54) is 0 Å². The number of likely N-dealkylation sites (N-methyl/N-ethyl adjacent to an activating group) is 1. The van der Waals surface area contributed by atoms with Crippen LogP contribution in [0, 0.1) is 0 Å². The van der Waals surface area contributed by atoms with Gasteiger partial charge < -0.3 is 20.4 Å². The maximum atomic E-state index is 11.9. The number of nitrogens with one attached hydrogen (secondary N) is 1. The molecule has 110 valence electrons. The van der Waals surface area contributed by atoms with Gasteiger partial charge in [-0.05, 0) is 25.7 Å². The number of urea groups is 1. The monoisotopic (exact) mass is 272 g/mol. The van der Waals surface area contributed by atoms with Gasteiger partial charge in [-0.3, -0.25) is 4.79 Å². The molecular formula is C13H24N2O4. The molecule has 0 aliphatic heterocycles. The summed E-state index contributed by atoms with van der Waals surface area (Å²) in [6.45, 7) is 0.471. The Morgan fingerprint density at radius 2 is 1.95 bits per heavy atom. The van der Waals surface area contributed by atoms with Crippen LogP contribution in [0.5, 0.6) is 0 Å². The van der Waals surface area contributed by atoms with Gasteiger partial charge in [0.1, 0.15) is 0 Å². The summed E-state index contributed by atoms with van der Waals surface area (Å²) >= 11 is 0. The second-order valence-electron chi connectivity index (χ2n) is 5.11. The van der Waals surface area contributed by atoms with Gasteiger partial charge in [0.05, 0.1) is 12.1 Å². The standard InChI is InChI=1S/C13H24N2O4/c1-15(10-6-2-3-7-11(10)16)13(19)14-9-5-4-8-12(17)18/h10-11,16H,2-9H2,1H3,(H,14,19)(H,17,18). The summed E-state index contributed by atoms with van der Waals surface area (Å²) in [5.41, 5.74) is 0. The van der Waals surface area contributed by atoms with Crippen LogP contribution in [0.15, 0.2) is 0 Å². The Morgan fingerprint density at radius 3 is 2.58 bits per heavy atom. The Hall–Kier alpha value is -1.30. The number of carboxylic acids is 1. The number of aliphatic hydroxyl groups excluding tert-OH is 1. The molecule has 0 spiro atoms. The maximum Gasteiger partial charge on any atom is 0.317 e. The number of carbonyl (C=O) groups is 2. The largest absolute Gasteiger partial charge is 0.481 e. The third-order valence-corrected chi connectivity index (χ3v) is 3.61. The van der Waals surface area contributed by atoms with E-state index in [4.69, 9.17) is 5.11 Å². The van der Waals surface area contributed by atoms with Gasteiger partial charge in [-0.2, -0.15) is 0 Å². The molecule has 1 fully saturated rings. The lowest BCUT2D eigenvalue weighted by molar-refractivity contribution is -0.137. The quantitative estimate of drug-likeness (QED) is 0.633. The van der Waals surface area contributed by atoms with E-state index in [-0.39, 0.29) is 18.5 Å². The van der Waals surface area contributed by atoms with Crippen molar-refractivity contribution in [2.75, 3.05) is 13.6 Å². The molecule has 0 heterocycles. The Bertz CT molecular complexity index is 309. The number of aliphatic carboxylic acids is 1. The molecular weight excluding hydrogens is 248 g/mol. The predicted molar refractivity (Wildman–Crippen MR) is 70.9 cm³/mol. The van der Waals surface area contributed by atoms with E-state index >= 15 is 0 Å². The van der Waals surface area contributed by atoms with Gasteiger partial charge >= 0.3 is 12.0 Å². The van der Waals surface area contributed by atoms with Gasteiger partial charge in [0.15, 0.2) is 0 Å². The number of rotatable bonds is 6. The molecule has 6 nitrogen and oxygen atoms in total. The van der Waals surface area contributed by atoms with E-state index in [1.54, 1.807) is 11.9 Å². The molecule has 0 bridgehead atoms. The van der Waals surface area contributed by atoms with Crippen molar-refractivity contribution in [3.05, 3.63) is 0 Å². The van der Waals surface area contributed by atoms with E-state index in [2.05, 4.69) is 5.32 Å². The fraction of sp³-hybridized carbons (Fsp3) is 0.846. The average Bonchev–Trinajstić information content (AvgIpc) is 2.37. The number of nitrogens with zero attached hydrogens (tertiary/aromatic N) is 1. The zero-order chi connectivity index (χ0) is 14.3. The van der Waals surface area contributed by atoms with E-state index < -0.39 is 12.1 Å². The van der Waals surface area contributed by atoms with Crippen molar-refractivity contribution in [1.29, 1.82) is 0 Å². The van der Waals surface area contributed by atoms with Crippen molar-refractivity contribution in [3.8, 4) is 0 Å². The number of hydrogen-bond donors (Lipinski definition) is 3. The minimum absolute atomic E-state index is 0.104. The molecule has 19 heavy (non-hydrogen) atoms. The van der Waals surface area contributed by atoms with Crippen molar-refractivity contribution in [2.45, 2.75) is 57.1 Å². The number of amides is 2. The number of aliphatic hydroxyl groups is 1. The SMILES string of the molecule is CN(C(=O)NCCCCC(=O)O)C1CCCCC1O. The molecule has 0 radical (unpaired) electrons. The molecule has 0 aromatic heterocycles. The summed E-state index contributed by atoms with van der Waals surface area (Å²) in [5, 5.41) is 21.1. The van der Waals surface area contributed by atoms with Crippen molar-refractivity contribution >= 4 is 12.0 Å². The van der Waals surface area contributed by atoms with Gasteiger partial charge in [0.25, 0.3) is 0 Å². The van der Waals surface area contributed by atoms with Crippen LogP contribution >= 0.6 is 0 Å². The minimum atomic E-state index is -0.811. The minimum Gasteiger partial charge on any atom is -0.481 e. The van der Waals surface area contributed by atoms with Gasteiger partial charge in [0, 0.05) is 20.0 Å². The number of unbranched alkanes of at least 4 members (excludes halogenated alkanes) is 1. The summed E-state index contributed by atoms with van der Waals surface area (Å²) in [5.74, 6) is -0.811. The van der Waals surface area contributed by atoms with E-state index in [9.17, 15) is 14.7 Å². The fourth-order valence-corrected chi connectivity index (χ4v) is 2.42. The molecule has 0 aromatic rings. The number of hydrogen-bond acceptors (Lipinski definition) is 3. The van der Waals surface area contributed by atoms with Gasteiger partial charge in [-0.25, -0.2) is 4.79 Å². The first kappa shape index (κ1) is 15.8. The third kappa shape index (κ3) is 5.46. The molecule has 3 N–H and O–H groups in total. The molecule has 2 amide bonds. The first-order valence-electron chi connectivity index (χ1n) is 6.93. The molecule has 0 aromatic carbocycles. The second kappa shape index (κ2) is 7.99. The van der Waals surface area contributed by atoms with E-state index in [0.717, 1.165) is 25.7 Å². The van der Waals surface area contributed by atoms with Crippen LogP contribution in [0.1, 0.15) is 44.9 Å². The molecule has 1 rings (SSSR count). The lowest BCUT2D eigenvalue weighted by Gasteiger charge is -2.35. The van der Waals surface area contributed by atoms with Crippen LogP contribution in [-0.4, -0.2) is 52.9 Å². The highest BCUT2D eigenvalue weighted by atomic mass is 16.4. The molecule has 2 unspecified atom stereocenters. The summed E-state index contributed by atoms with van der Waals surface area (Å²) in [4.78, 5) is 23.8. The van der Waals surface area contributed by atoms with Crippen LogP contribution in [0.2, 0.25) is 0 Å². The number of carbonyl (C=O) groups excluding carboxylic acids is 1. The van der Waals surface area contributed by atoms with Crippen molar-refractivity contribution in [2.24, 2.45) is 0 Å². The smallest absolute Gasteiger partial charge is 0.317 e. The summed E-state index contributed by atoms with van der Waals surface area (Å²) < 4.78 is 0. The molecule has 6 heteroatoms. The first-order valence-corrected chi connectivity index (χ1v) is 6.93. The van der Waals surface area contributed by atoms with Crippen LogP contribution in [-0.2, 0) is 4.79 Å². The van der Waals surface area contributed by atoms with Crippen molar-refractivity contribution < 1.29 is 19.8 Å². The fourth-order valence-electron chi connectivity index (χ4n) is 2.42. The summed E-state index contributed by atoms with van der Waals surface area (Å²) in [6.07, 6.45) is 4.56. The first-order chi connectivity index (χ1) is 9.02. The van der Waals surface area contributed by atoms with E-state index in [0.29, 0.717) is 19.4 Å². The van der Waals surface area contributed by atoms with Crippen LogP contribution < -0.4 is 5.32 Å². The normalized spacial score (nSPS) is 22.8. The van der Waals surface area contributed by atoms with Gasteiger partial charge in [-0.1, -0.05) is 12.8 Å². The molecule has 1 aliphatic carbocycles. The van der Waals surface area contributed by atoms with Gasteiger partial charge in [0.2, 0.25) is 0 Å². The number of carboxylic acid groups (broad SMARTS) is 1. The van der Waals surface area contributed by atoms with Crippen LogP contribution in [0.3, 0.4) is 0 Å². The molecule has 0 saturated heterocycles. The Morgan fingerprint density at radius 1 is 1.26 bits per heavy atom. The van der Waals surface area contributed by atoms with Gasteiger partial charge in [-0.15, -0.1) is 0 Å². The summed E-state index contributed by atoms with van der Waals surface area (Å²) in [7, 11) is 1.70. The lowest BCUT2D eigenvalue weighted by atomic mass is 9.92. The van der Waals surface area contributed by atoms with Crippen LogP contribution in [0.25, 0.3) is 0 Å². The van der Waals surface area contributed by atoms with Crippen molar-refractivity contribution in [1.82, 2.24) is 10.2 Å². The predicted octanol–water partition coefficient (Wildman–Crippen LogP) is 1.19. The third-order valence-electron chi connectivity index (χ3n) is 3.61. The van der Waals surface area contributed by atoms with Crippen molar-refractivity contribution in [3.63, 3.8) is 0 Å². The van der Waals surface area contributed by atoms with E-state index in [1.807, 2.05) is 0 Å². The molecule has 1 aliphatic rings. The Balaban J connectivity index is 2.22. The Labute approximate surface area is 113 Å². The summed E-state index contributed by atoms with van der Waals surface area (Å²) in [6, 6.07) is -0.297. The molecule has 2 atom stereocenters. The average molecular weight is 272 g/mol. The highest BCUT2D eigenvalue weighted by Gasteiger charge is 2.29. The topological polar surface area (TPSA) is 89.9 Å². The van der Waals surface area contributed by atoms with Crippen LogP contribution in [0.4, 0.5) is 4.79 Å². The zero-order valence-corrected chi connectivity index (χ0v) is 11.5. The second-order valence-corrected chi connectivity index (χ2v) is 5.11. The zero-order valence-electron chi connectivity index (χ0n) is 11.5. The Kier molecular flexibility index (Phi) is 6.62. The highest BCUT2D eigenvalue weighted by Crippen LogP contribution is 2.22. The lowest BCUT2D eigenvalue weighted by Crippen LogP contribution is -2.50. The maximum absolute atomic E-state index is 11.9. The molecule has 1 saturated carbocycles.